The molecule has 2 heterocycles. The van der Waals surface area contributed by atoms with E-state index in [1.54, 1.807) is 25.9 Å². The van der Waals surface area contributed by atoms with E-state index >= 15 is 0 Å². The lowest BCUT2D eigenvalue weighted by molar-refractivity contribution is 0.0463. The lowest BCUT2D eigenvalue weighted by Gasteiger charge is -2.36. The number of aromatic nitrogens is 2. The van der Waals surface area contributed by atoms with Crippen molar-refractivity contribution in [2.45, 2.75) is 20.5 Å². The van der Waals surface area contributed by atoms with Gasteiger partial charge in [0.2, 0.25) is 0 Å². The van der Waals surface area contributed by atoms with Gasteiger partial charge in [0.15, 0.2) is 0 Å². The minimum Gasteiger partial charge on any atom is -0.495 e. The van der Waals surface area contributed by atoms with Gasteiger partial charge in [-0.3, -0.25) is 4.79 Å². The number of benzene rings is 2. The molecular weight excluding hydrogens is 432 g/mol. The molecule has 2 aromatic carbocycles. The third-order valence-corrected chi connectivity index (χ3v) is 5.81. The number of anilines is 1. The molecule has 1 aromatic heterocycles. The number of para-hydroxylation sites is 2. The van der Waals surface area contributed by atoms with E-state index in [4.69, 9.17) is 9.47 Å². The molecule has 3 aromatic rings. The van der Waals surface area contributed by atoms with E-state index in [0.29, 0.717) is 37.7 Å². The fourth-order valence-electron chi connectivity index (χ4n) is 4.10. The second-order valence-corrected chi connectivity index (χ2v) is 8.09. The zero-order valence-electron chi connectivity index (χ0n) is 19.7. The minimum atomic E-state index is -0.600. The van der Waals surface area contributed by atoms with E-state index in [1.165, 1.54) is 0 Å². The average Bonchev–Trinajstić information content (AvgIpc) is 2.87. The van der Waals surface area contributed by atoms with Gasteiger partial charge in [0.05, 0.1) is 18.5 Å². The molecule has 4 rings (SSSR count). The maximum absolute atomic E-state index is 13.5. The highest BCUT2D eigenvalue weighted by molar-refractivity contribution is 6.04. The van der Waals surface area contributed by atoms with Crippen LogP contribution in [0.25, 0.3) is 0 Å². The summed E-state index contributed by atoms with van der Waals surface area (Å²) in [5.41, 5.74) is 2.51. The summed E-state index contributed by atoms with van der Waals surface area (Å²) >= 11 is 0. The lowest BCUT2D eigenvalue weighted by atomic mass is 10.1. The van der Waals surface area contributed by atoms with Crippen LogP contribution in [0.5, 0.6) is 5.75 Å². The number of piperazine rings is 1. The van der Waals surface area contributed by atoms with Crippen molar-refractivity contribution in [3.05, 3.63) is 82.9 Å². The van der Waals surface area contributed by atoms with E-state index in [1.807, 2.05) is 54.6 Å². The zero-order valence-corrected chi connectivity index (χ0v) is 19.7. The van der Waals surface area contributed by atoms with Crippen molar-refractivity contribution >= 4 is 17.6 Å². The Morgan fingerprint density at radius 2 is 1.59 bits per heavy atom. The summed E-state index contributed by atoms with van der Waals surface area (Å²) in [4.78, 5) is 39.0. The van der Waals surface area contributed by atoms with Crippen molar-refractivity contribution < 1.29 is 19.1 Å². The summed E-state index contributed by atoms with van der Waals surface area (Å²) in [5.74, 6) is 0.346. The van der Waals surface area contributed by atoms with Crippen molar-refractivity contribution in [1.82, 2.24) is 14.9 Å². The van der Waals surface area contributed by atoms with E-state index in [9.17, 15) is 9.59 Å². The van der Waals surface area contributed by atoms with Gasteiger partial charge in [-0.05, 0) is 31.5 Å². The highest BCUT2D eigenvalue weighted by Crippen LogP contribution is 2.28. The molecule has 0 bridgehead atoms. The summed E-state index contributed by atoms with van der Waals surface area (Å²) in [6, 6.07) is 17.2. The highest BCUT2D eigenvalue weighted by atomic mass is 16.5. The Morgan fingerprint density at radius 3 is 2.29 bits per heavy atom. The van der Waals surface area contributed by atoms with Gasteiger partial charge >= 0.3 is 5.97 Å². The zero-order chi connectivity index (χ0) is 24.1. The van der Waals surface area contributed by atoms with Crippen LogP contribution in [-0.4, -0.2) is 60.0 Å². The Morgan fingerprint density at radius 1 is 0.912 bits per heavy atom. The van der Waals surface area contributed by atoms with Crippen LogP contribution in [0.3, 0.4) is 0 Å². The molecule has 0 spiro atoms. The summed E-state index contributed by atoms with van der Waals surface area (Å²) in [5, 5.41) is 0. The molecule has 1 fully saturated rings. The number of aryl methyl sites for hydroxylation is 2. The third-order valence-electron chi connectivity index (χ3n) is 5.81. The van der Waals surface area contributed by atoms with Crippen LogP contribution in [-0.2, 0) is 11.3 Å². The van der Waals surface area contributed by atoms with E-state index in [-0.39, 0.29) is 23.8 Å². The molecule has 8 heteroatoms. The Hall–Kier alpha value is -3.94. The first-order valence-corrected chi connectivity index (χ1v) is 11.2. The molecule has 34 heavy (non-hydrogen) atoms. The molecule has 8 nitrogen and oxygen atoms in total. The summed E-state index contributed by atoms with van der Waals surface area (Å²) in [6.07, 6.45) is 0. The number of nitrogens with zero attached hydrogens (tertiary/aromatic N) is 4. The van der Waals surface area contributed by atoms with Gasteiger partial charge in [-0.2, -0.15) is 0 Å². The van der Waals surface area contributed by atoms with Crippen molar-refractivity contribution in [3.8, 4) is 5.75 Å². The molecule has 176 valence electrons. The number of carbonyl (C=O) groups excluding carboxylic acids is 2. The quantitative estimate of drug-likeness (QED) is 0.521. The number of esters is 1. The van der Waals surface area contributed by atoms with Gasteiger partial charge in [-0.25, -0.2) is 14.8 Å². The maximum Gasteiger partial charge on any atom is 0.342 e. The Kier molecular flexibility index (Phi) is 7.06. The highest BCUT2D eigenvalue weighted by Gasteiger charge is 2.30. The number of amides is 1. The Bertz CT molecular complexity index is 1170. The maximum atomic E-state index is 13.5. The second-order valence-electron chi connectivity index (χ2n) is 8.09. The molecule has 0 saturated carbocycles. The predicted molar refractivity (Wildman–Crippen MR) is 128 cm³/mol. The van der Waals surface area contributed by atoms with Crippen LogP contribution in [0.1, 0.15) is 37.9 Å². The standard InChI is InChI=1S/C26H28N4O4/c1-18-23(26(32)34-17-20-9-5-4-6-10-20)24(28-19(2)27-18)25(31)30-15-13-29(14-16-30)21-11-7-8-12-22(21)33-3/h4-12H,13-17H2,1-3H3. The SMILES string of the molecule is COc1ccccc1N1CCN(C(=O)c2nc(C)nc(C)c2C(=O)OCc2ccccc2)CC1. The van der Waals surface area contributed by atoms with Crippen molar-refractivity contribution in [3.63, 3.8) is 0 Å². The molecule has 0 unspecified atom stereocenters. The Labute approximate surface area is 199 Å². The number of methoxy groups -OCH3 is 1. The summed E-state index contributed by atoms with van der Waals surface area (Å²) in [6.45, 7) is 5.80. The van der Waals surface area contributed by atoms with Gasteiger partial charge < -0.3 is 19.3 Å². The molecule has 0 atom stereocenters. The normalized spacial score (nSPS) is 13.5. The first-order valence-electron chi connectivity index (χ1n) is 11.2. The van der Waals surface area contributed by atoms with Crippen molar-refractivity contribution in [2.24, 2.45) is 0 Å². The van der Waals surface area contributed by atoms with E-state index in [0.717, 1.165) is 17.0 Å². The first kappa shape index (κ1) is 23.2. The van der Waals surface area contributed by atoms with Crippen LogP contribution in [0, 0.1) is 13.8 Å². The average molecular weight is 461 g/mol. The molecule has 1 aliphatic rings. The molecule has 1 aliphatic heterocycles. The molecular formula is C26H28N4O4. The third kappa shape index (κ3) is 5.01. The lowest BCUT2D eigenvalue weighted by Crippen LogP contribution is -2.49. The molecule has 0 radical (unpaired) electrons. The fraction of sp³-hybridized carbons (Fsp3) is 0.308. The molecule has 0 aliphatic carbocycles. The topological polar surface area (TPSA) is 84.9 Å². The number of ether oxygens (including phenoxy) is 2. The first-order chi connectivity index (χ1) is 16.5. The van der Waals surface area contributed by atoms with E-state index < -0.39 is 5.97 Å². The number of hydrogen-bond acceptors (Lipinski definition) is 7. The van der Waals surface area contributed by atoms with Crippen molar-refractivity contribution in [1.29, 1.82) is 0 Å². The summed E-state index contributed by atoms with van der Waals surface area (Å²) in [7, 11) is 1.65. The van der Waals surface area contributed by atoms with Crippen LogP contribution < -0.4 is 9.64 Å². The monoisotopic (exact) mass is 460 g/mol. The fourth-order valence-corrected chi connectivity index (χ4v) is 4.10. The number of rotatable bonds is 6. The van der Waals surface area contributed by atoms with Gasteiger partial charge in [0.25, 0.3) is 5.91 Å². The van der Waals surface area contributed by atoms with Gasteiger partial charge in [0.1, 0.15) is 29.4 Å². The molecule has 0 N–H and O–H groups in total. The van der Waals surface area contributed by atoms with Gasteiger partial charge in [0, 0.05) is 26.2 Å². The smallest absolute Gasteiger partial charge is 0.342 e. The van der Waals surface area contributed by atoms with E-state index in [2.05, 4.69) is 14.9 Å². The van der Waals surface area contributed by atoms with Crippen LogP contribution >= 0.6 is 0 Å². The number of carbonyl (C=O) groups is 2. The van der Waals surface area contributed by atoms with Crippen molar-refractivity contribution in [2.75, 3.05) is 38.2 Å². The largest absolute Gasteiger partial charge is 0.495 e. The Balaban J connectivity index is 1.50. The van der Waals surface area contributed by atoms with Gasteiger partial charge in [-0.1, -0.05) is 42.5 Å². The van der Waals surface area contributed by atoms with Crippen LogP contribution in [0.4, 0.5) is 5.69 Å². The van der Waals surface area contributed by atoms with Crippen LogP contribution in [0.15, 0.2) is 54.6 Å². The van der Waals surface area contributed by atoms with Gasteiger partial charge in [-0.15, -0.1) is 0 Å². The van der Waals surface area contributed by atoms with Crippen LogP contribution in [0.2, 0.25) is 0 Å². The predicted octanol–water partition coefficient (Wildman–Crippen LogP) is 3.42. The second kappa shape index (κ2) is 10.3. The number of hydrogen-bond donors (Lipinski definition) is 0. The molecule has 1 saturated heterocycles. The molecule has 1 amide bonds. The summed E-state index contributed by atoms with van der Waals surface area (Å²) < 4.78 is 11.0. The minimum absolute atomic E-state index is 0.0915.